The summed E-state index contributed by atoms with van der Waals surface area (Å²) in [4.78, 5) is 53.5. The van der Waals surface area contributed by atoms with E-state index in [1.807, 2.05) is 0 Å². The van der Waals surface area contributed by atoms with Crippen molar-refractivity contribution in [2.75, 3.05) is 23.9 Å². The Morgan fingerprint density at radius 3 is 2.47 bits per heavy atom. The smallest absolute Gasteiger partial charge is 0.352 e. The van der Waals surface area contributed by atoms with E-state index < -0.39 is 73.7 Å². The van der Waals surface area contributed by atoms with Crippen LogP contribution in [0.1, 0.15) is 29.8 Å². The van der Waals surface area contributed by atoms with Crippen LogP contribution in [0, 0.1) is 0 Å². The highest BCUT2D eigenvalue weighted by Crippen LogP contribution is 2.49. The summed E-state index contributed by atoms with van der Waals surface area (Å²) in [6.07, 6.45) is -3.64. The van der Waals surface area contributed by atoms with E-state index in [0.29, 0.717) is 5.56 Å². The van der Waals surface area contributed by atoms with Gasteiger partial charge >= 0.3 is 5.97 Å². The number of aliphatic carboxylic acids is 1. The number of rotatable bonds is 14. The van der Waals surface area contributed by atoms with Crippen LogP contribution in [-0.4, -0.2) is 108 Å². The molecule has 0 spiro atoms. The number of fused-ring (bicyclic) bond motifs is 1. The molecule has 260 valence electrons. The number of carbonyl (C=O) groups excluding carboxylic acids is 3. The number of thioether (sulfide) groups is 2. The van der Waals surface area contributed by atoms with Crippen molar-refractivity contribution in [1.29, 1.82) is 0 Å². The van der Waals surface area contributed by atoms with E-state index in [4.69, 9.17) is 9.88 Å². The molecule has 0 saturated carbocycles. The number of carboxylic acids is 1. The summed E-state index contributed by atoms with van der Waals surface area (Å²) >= 11 is 1.99. The van der Waals surface area contributed by atoms with Crippen LogP contribution in [0.2, 0.25) is 0 Å². The maximum Gasteiger partial charge on any atom is 0.352 e. The van der Waals surface area contributed by atoms with Gasteiger partial charge < -0.3 is 30.7 Å². The second-order valence-corrected chi connectivity index (χ2v) is 14.7. The van der Waals surface area contributed by atoms with Gasteiger partial charge in [-0.3, -0.25) is 19.3 Å². The molecule has 0 bridgehead atoms. The molecule has 3 unspecified atom stereocenters. The van der Waals surface area contributed by atoms with Gasteiger partial charge in [0.2, 0.25) is 15.2 Å². The lowest BCUT2D eigenvalue weighted by atomic mass is 9.96. The van der Waals surface area contributed by atoms with Crippen molar-refractivity contribution in [1.82, 2.24) is 30.8 Å². The molecule has 0 radical (unpaired) electrons. The van der Waals surface area contributed by atoms with E-state index in [0.717, 1.165) is 35.5 Å². The zero-order chi connectivity index (χ0) is 35.5. The lowest BCUT2D eigenvalue weighted by Crippen LogP contribution is -2.81. The molecule has 8 N–H and O–H groups in total. The molecule has 3 amide bonds. The quantitative estimate of drug-likeness (QED) is 0.0622. The number of hydrogen-bond donors (Lipinski definition) is 7. The molecule has 3 aromatic rings. The Morgan fingerprint density at radius 1 is 1.14 bits per heavy atom. The number of methoxy groups -OCH3 is 1. The number of benzene rings is 2. The molecule has 21 heteroatoms. The van der Waals surface area contributed by atoms with E-state index in [1.54, 1.807) is 30.3 Å². The zero-order valence-electron chi connectivity index (χ0n) is 25.4. The number of carboxylic acid groups (broad SMARTS) is 1. The SMILES string of the molecule is CO[C@@]1(NC(=O)C(O)c2ccccc2NC(=O)C(O)c2ccccc2)C(=O)N2C(C(=O)O)=C(C(CCS(N)(=O)=O)Sc3nnn[nH]3)CS[C@H]21. The number of β-lactam (4-membered cyclic amide) rings is 1. The first-order chi connectivity index (χ1) is 23.3. The van der Waals surface area contributed by atoms with Crippen LogP contribution >= 0.6 is 23.5 Å². The van der Waals surface area contributed by atoms with E-state index >= 15 is 0 Å². The first-order valence-electron chi connectivity index (χ1n) is 14.3. The van der Waals surface area contributed by atoms with Crippen LogP contribution in [0.4, 0.5) is 5.69 Å². The average Bonchev–Trinajstić information content (AvgIpc) is 3.61. The minimum absolute atomic E-state index is 0.0101. The van der Waals surface area contributed by atoms with Crippen molar-refractivity contribution in [2.45, 2.75) is 40.1 Å². The lowest BCUT2D eigenvalue weighted by Gasteiger charge is -2.56. The third-order valence-electron chi connectivity index (χ3n) is 7.65. The number of carbonyl (C=O) groups is 4. The fourth-order valence-electron chi connectivity index (χ4n) is 5.29. The van der Waals surface area contributed by atoms with Crippen molar-refractivity contribution < 1.29 is 47.7 Å². The molecule has 3 heterocycles. The first kappa shape index (κ1) is 35.9. The zero-order valence-corrected chi connectivity index (χ0v) is 27.9. The molecule has 5 rings (SSSR count). The number of aliphatic hydroxyl groups is 2. The molecule has 1 fully saturated rings. The van der Waals surface area contributed by atoms with Crippen LogP contribution in [0.5, 0.6) is 0 Å². The highest BCUT2D eigenvalue weighted by Gasteiger charge is 2.67. The second kappa shape index (κ2) is 14.6. The molecular formula is C28H30N8O10S3. The van der Waals surface area contributed by atoms with Gasteiger partial charge in [0.05, 0.1) is 5.75 Å². The number of hydrogen-bond acceptors (Lipinski definition) is 14. The average molecular weight is 735 g/mol. The molecule has 0 aliphatic carbocycles. The van der Waals surface area contributed by atoms with Gasteiger partial charge in [0.1, 0.15) is 11.1 Å². The molecule has 1 aromatic heterocycles. The number of anilines is 1. The summed E-state index contributed by atoms with van der Waals surface area (Å²) in [7, 11) is -2.82. The summed E-state index contributed by atoms with van der Waals surface area (Å²) in [5.74, 6) is -4.94. The van der Waals surface area contributed by atoms with Crippen LogP contribution < -0.4 is 15.8 Å². The Morgan fingerprint density at radius 2 is 1.84 bits per heavy atom. The molecule has 5 atom stereocenters. The molecular weight excluding hydrogens is 705 g/mol. The molecule has 2 aliphatic heterocycles. The number of nitrogens with one attached hydrogen (secondary N) is 3. The van der Waals surface area contributed by atoms with Crippen molar-refractivity contribution in [3.8, 4) is 0 Å². The van der Waals surface area contributed by atoms with Gasteiger partial charge in [-0.25, -0.2) is 23.4 Å². The van der Waals surface area contributed by atoms with Crippen LogP contribution in [0.3, 0.4) is 0 Å². The van der Waals surface area contributed by atoms with Gasteiger partial charge in [0.25, 0.3) is 23.4 Å². The van der Waals surface area contributed by atoms with Gasteiger partial charge in [0, 0.05) is 29.4 Å². The fourth-order valence-corrected chi connectivity index (χ4v) is 8.64. The number of sulfonamides is 1. The monoisotopic (exact) mass is 734 g/mol. The van der Waals surface area contributed by atoms with E-state index in [9.17, 15) is 42.9 Å². The van der Waals surface area contributed by atoms with E-state index in [-0.39, 0.29) is 34.2 Å². The summed E-state index contributed by atoms with van der Waals surface area (Å²) in [5.41, 5.74) is -2.10. The topological polar surface area (TPSA) is 280 Å². The van der Waals surface area contributed by atoms with Gasteiger partial charge in [-0.1, -0.05) is 60.3 Å². The Bertz CT molecular complexity index is 1880. The molecule has 2 aliphatic rings. The van der Waals surface area contributed by atoms with Crippen molar-refractivity contribution in [3.05, 3.63) is 77.0 Å². The highest BCUT2D eigenvalue weighted by atomic mass is 32.2. The number of aliphatic hydroxyl groups excluding tert-OH is 2. The summed E-state index contributed by atoms with van der Waals surface area (Å²) in [5, 5.41) is 53.4. The molecule has 2 aromatic carbocycles. The number of aromatic amines is 1. The van der Waals surface area contributed by atoms with Crippen molar-refractivity contribution >= 4 is 62.9 Å². The summed E-state index contributed by atoms with van der Waals surface area (Å²) in [6, 6.07) is 13.9. The third kappa shape index (κ3) is 7.46. The Kier molecular flexibility index (Phi) is 10.7. The molecule has 18 nitrogen and oxygen atoms in total. The Labute approximate surface area is 286 Å². The minimum Gasteiger partial charge on any atom is -0.477 e. The molecule has 1 saturated heterocycles. The Balaban J connectivity index is 1.37. The van der Waals surface area contributed by atoms with Gasteiger partial charge in [-0.2, -0.15) is 0 Å². The number of para-hydroxylation sites is 1. The van der Waals surface area contributed by atoms with E-state index in [2.05, 4.69) is 31.3 Å². The summed E-state index contributed by atoms with van der Waals surface area (Å²) in [6.45, 7) is 0. The fraction of sp³-hybridized carbons (Fsp3) is 0.321. The highest BCUT2D eigenvalue weighted by molar-refractivity contribution is 8.01. The third-order valence-corrected chi connectivity index (χ3v) is 11.0. The van der Waals surface area contributed by atoms with Crippen molar-refractivity contribution in [2.24, 2.45) is 5.14 Å². The number of aromatic nitrogens is 4. The molecule has 49 heavy (non-hydrogen) atoms. The number of primary sulfonamides is 1. The standard InChI is InChI=1S/C28H30N8O10S3/c1-46-28(31-23(40)21(38)15-9-5-6-10-17(15)30-22(39)20(37)14-7-3-2-4-8-14)25(43)36-19(24(41)42)16(13-47-26(28)36)18(11-12-49(29,44)45)48-27-32-34-35-33-27/h2-10,18,20-21,26,37-38H,11-13H2,1H3,(H,30,39)(H,31,40)(H,41,42)(H2,29,44,45)(H,32,33,34,35)/t18?,20?,21?,26-,28-/m0/s1. The van der Waals surface area contributed by atoms with Crippen LogP contribution in [0.25, 0.3) is 0 Å². The van der Waals surface area contributed by atoms with Gasteiger partial charge in [0.15, 0.2) is 12.2 Å². The first-order valence-corrected chi connectivity index (χ1v) is 17.9. The number of nitrogens with two attached hydrogens (primary N) is 1. The maximum atomic E-state index is 13.7. The van der Waals surface area contributed by atoms with Gasteiger partial charge in [-0.05, 0) is 34.1 Å². The minimum atomic E-state index is -3.95. The van der Waals surface area contributed by atoms with Crippen LogP contribution in [0.15, 0.2) is 71.0 Å². The van der Waals surface area contributed by atoms with E-state index in [1.165, 1.54) is 24.3 Å². The predicted octanol–water partition coefficient (Wildman–Crippen LogP) is -0.543. The largest absolute Gasteiger partial charge is 0.477 e. The second-order valence-electron chi connectivity index (χ2n) is 10.7. The van der Waals surface area contributed by atoms with Gasteiger partial charge in [-0.15, -0.1) is 16.9 Å². The lowest BCUT2D eigenvalue weighted by molar-refractivity contribution is -0.193. The number of ether oxygens (including phenoxy) is 1. The Hall–Kier alpha value is -4.38. The number of amides is 3. The maximum absolute atomic E-state index is 13.7. The normalized spacial score (nSPS) is 20.9. The van der Waals surface area contributed by atoms with Crippen molar-refractivity contribution in [3.63, 3.8) is 0 Å². The number of tetrazole rings is 1. The van der Waals surface area contributed by atoms with Crippen LogP contribution in [-0.2, 0) is 33.9 Å². The number of H-pyrrole nitrogens is 1. The summed E-state index contributed by atoms with van der Waals surface area (Å²) < 4.78 is 29.0. The predicted molar refractivity (Wildman–Crippen MR) is 173 cm³/mol. The number of nitrogens with zero attached hydrogens (tertiary/aromatic N) is 4.